The second-order valence-electron chi connectivity index (χ2n) is 6.72. The summed E-state index contributed by atoms with van der Waals surface area (Å²) in [5, 5.41) is 6.31. The SMILES string of the molecule is CN=C(NCCCNC(=O)c1ccccc1)N(C)CCC1CCOCC1.I. The second kappa shape index (κ2) is 13.8. The molecule has 0 saturated carbocycles. The van der Waals surface area contributed by atoms with Crippen LogP contribution in [0.15, 0.2) is 35.3 Å². The zero-order chi connectivity index (χ0) is 18.6. The predicted octanol–water partition coefficient (Wildman–Crippen LogP) is 2.75. The maximum atomic E-state index is 12.0. The largest absolute Gasteiger partial charge is 0.381 e. The van der Waals surface area contributed by atoms with Crippen molar-refractivity contribution in [2.24, 2.45) is 10.9 Å². The first-order valence-corrected chi connectivity index (χ1v) is 9.53. The van der Waals surface area contributed by atoms with Crippen LogP contribution in [-0.2, 0) is 4.74 Å². The van der Waals surface area contributed by atoms with E-state index < -0.39 is 0 Å². The molecule has 1 aliphatic rings. The summed E-state index contributed by atoms with van der Waals surface area (Å²) in [6, 6.07) is 9.30. The molecule has 1 heterocycles. The van der Waals surface area contributed by atoms with Crippen molar-refractivity contribution >= 4 is 35.8 Å². The number of nitrogens with one attached hydrogen (secondary N) is 2. The van der Waals surface area contributed by atoms with Gasteiger partial charge in [0.1, 0.15) is 0 Å². The monoisotopic (exact) mass is 488 g/mol. The fourth-order valence-electron chi connectivity index (χ4n) is 3.08. The Morgan fingerprint density at radius 1 is 1.19 bits per heavy atom. The van der Waals surface area contributed by atoms with E-state index in [9.17, 15) is 4.79 Å². The fourth-order valence-corrected chi connectivity index (χ4v) is 3.08. The standard InChI is InChI=1S/C20H32N4O2.HI/c1-21-20(24(2)14-9-17-10-15-26-16-11-17)23-13-6-12-22-19(25)18-7-4-3-5-8-18;/h3-5,7-8,17H,6,9-16H2,1-2H3,(H,21,23)(H,22,25);1H. The van der Waals surface area contributed by atoms with Crippen LogP contribution >= 0.6 is 24.0 Å². The van der Waals surface area contributed by atoms with Gasteiger partial charge in [-0.2, -0.15) is 0 Å². The molecule has 1 aliphatic heterocycles. The Morgan fingerprint density at radius 3 is 2.52 bits per heavy atom. The Bertz CT molecular complexity index is 562. The van der Waals surface area contributed by atoms with Gasteiger partial charge in [-0.1, -0.05) is 18.2 Å². The van der Waals surface area contributed by atoms with Gasteiger partial charge in [0.15, 0.2) is 5.96 Å². The van der Waals surface area contributed by atoms with Crippen molar-refractivity contribution in [2.75, 3.05) is 46.9 Å². The van der Waals surface area contributed by atoms with Crippen LogP contribution in [0.25, 0.3) is 0 Å². The van der Waals surface area contributed by atoms with Crippen LogP contribution in [0.4, 0.5) is 0 Å². The summed E-state index contributed by atoms with van der Waals surface area (Å²) in [6.07, 6.45) is 4.36. The Hall–Kier alpha value is -1.35. The Morgan fingerprint density at radius 2 is 1.85 bits per heavy atom. The molecule has 2 rings (SSSR count). The van der Waals surface area contributed by atoms with Crippen molar-refractivity contribution < 1.29 is 9.53 Å². The lowest BCUT2D eigenvalue weighted by molar-refractivity contribution is 0.0625. The molecule has 27 heavy (non-hydrogen) atoms. The number of carbonyl (C=O) groups excluding carboxylic acids is 1. The van der Waals surface area contributed by atoms with Gasteiger partial charge >= 0.3 is 0 Å². The maximum absolute atomic E-state index is 12.0. The van der Waals surface area contributed by atoms with Gasteiger partial charge < -0.3 is 20.3 Å². The number of hydrogen-bond donors (Lipinski definition) is 2. The van der Waals surface area contributed by atoms with E-state index in [0.29, 0.717) is 12.1 Å². The zero-order valence-corrected chi connectivity index (χ0v) is 18.8. The highest BCUT2D eigenvalue weighted by Crippen LogP contribution is 2.18. The third kappa shape index (κ3) is 8.92. The van der Waals surface area contributed by atoms with Crippen molar-refractivity contribution in [3.05, 3.63) is 35.9 Å². The average molecular weight is 488 g/mol. The summed E-state index contributed by atoms with van der Waals surface area (Å²) < 4.78 is 5.42. The van der Waals surface area contributed by atoms with Gasteiger partial charge in [0.05, 0.1) is 0 Å². The van der Waals surface area contributed by atoms with Crippen LogP contribution in [0.3, 0.4) is 0 Å². The molecule has 2 N–H and O–H groups in total. The van der Waals surface area contributed by atoms with Crippen LogP contribution in [0.2, 0.25) is 0 Å². The van der Waals surface area contributed by atoms with Crippen LogP contribution in [0.1, 0.15) is 36.0 Å². The number of nitrogens with zero attached hydrogens (tertiary/aromatic N) is 2. The lowest BCUT2D eigenvalue weighted by Gasteiger charge is -2.26. The van der Waals surface area contributed by atoms with Gasteiger partial charge in [0.25, 0.3) is 5.91 Å². The molecular weight excluding hydrogens is 455 g/mol. The molecule has 0 aliphatic carbocycles. The van der Waals surface area contributed by atoms with Gasteiger partial charge in [-0.05, 0) is 43.7 Å². The number of aliphatic imine (C=N–C) groups is 1. The van der Waals surface area contributed by atoms with Crippen molar-refractivity contribution in [3.8, 4) is 0 Å². The normalized spacial score (nSPS) is 15.0. The molecule has 6 nitrogen and oxygen atoms in total. The molecule has 0 spiro atoms. The van der Waals surface area contributed by atoms with E-state index in [1.165, 1.54) is 19.3 Å². The lowest BCUT2D eigenvalue weighted by Crippen LogP contribution is -2.41. The zero-order valence-electron chi connectivity index (χ0n) is 16.4. The number of amides is 1. The summed E-state index contributed by atoms with van der Waals surface area (Å²) in [6.45, 7) is 4.22. The van der Waals surface area contributed by atoms with E-state index in [1.807, 2.05) is 37.4 Å². The van der Waals surface area contributed by atoms with Crippen LogP contribution in [-0.4, -0.2) is 63.7 Å². The summed E-state index contributed by atoms with van der Waals surface area (Å²) in [5.74, 6) is 1.65. The number of guanidine groups is 1. The number of rotatable bonds is 8. The highest BCUT2D eigenvalue weighted by atomic mass is 127. The quantitative estimate of drug-likeness (QED) is 0.256. The van der Waals surface area contributed by atoms with E-state index in [2.05, 4.69) is 27.6 Å². The Balaban J connectivity index is 0.00000364. The Kier molecular flexibility index (Phi) is 12.1. The summed E-state index contributed by atoms with van der Waals surface area (Å²) in [4.78, 5) is 18.5. The minimum Gasteiger partial charge on any atom is -0.381 e. The highest BCUT2D eigenvalue weighted by molar-refractivity contribution is 14.0. The molecular formula is C20H33IN4O2. The smallest absolute Gasteiger partial charge is 0.251 e. The van der Waals surface area contributed by atoms with Crippen molar-refractivity contribution in [1.29, 1.82) is 0 Å². The summed E-state index contributed by atoms with van der Waals surface area (Å²) in [5.41, 5.74) is 0.698. The van der Waals surface area contributed by atoms with Crippen molar-refractivity contribution in [1.82, 2.24) is 15.5 Å². The minimum absolute atomic E-state index is 0. The number of benzene rings is 1. The van der Waals surface area contributed by atoms with Crippen LogP contribution in [0, 0.1) is 5.92 Å². The van der Waals surface area contributed by atoms with E-state index in [1.54, 1.807) is 0 Å². The first-order chi connectivity index (χ1) is 12.7. The van der Waals surface area contributed by atoms with E-state index in [-0.39, 0.29) is 29.9 Å². The van der Waals surface area contributed by atoms with E-state index in [0.717, 1.165) is 44.6 Å². The minimum atomic E-state index is -0.0245. The molecule has 1 fully saturated rings. The highest BCUT2D eigenvalue weighted by Gasteiger charge is 2.15. The Labute approximate surface area is 180 Å². The summed E-state index contributed by atoms with van der Waals surface area (Å²) >= 11 is 0. The van der Waals surface area contributed by atoms with Gasteiger partial charge in [0, 0.05) is 52.5 Å². The maximum Gasteiger partial charge on any atom is 0.251 e. The van der Waals surface area contributed by atoms with Gasteiger partial charge in [0.2, 0.25) is 0 Å². The van der Waals surface area contributed by atoms with E-state index >= 15 is 0 Å². The van der Waals surface area contributed by atoms with Crippen molar-refractivity contribution in [2.45, 2.75) is 25.7 Å². The molecule has 152 valence electrons. The van der Waals surface area contributed by atoms with Gasteiger partial charge in [-0.25, -0.2) is 0 Å². The van der Waals surface area contributed by atoms with Gasteiger partial charge in [-0.15, -0.1) is 24.0 Å². The molecule has 0 unspecified atom stereocenters. The molecule has 1 aromatic carbocycles. The lowest BCUT2D eigenvalue weighted by atomic mass is 9.96. The molecule has 0 radical (unpaired) electrons. The van der Waals surface area contributed by atoms with Gasteiger partial charge in [-0.3, -0.25) is 9.79 Å². The van der Waals surface area contributed by atoms with Crippen LogP contribution < -0.4 is 10.6 Å². The fraction of sp³-hybridized carbons (Fsp3) is 0.600. The van der Waals surface area contributed by atoms with Crippen molar-refractivity contribution in [3.63, 3.8) is 0 Å². The third-order valence-electron chi connectivity index (χ3n) is 4.75. The first kappa shape index (κ1) is 23.7. The number of carbonyl (C=O) groups is 1. The third-order valence-corrected chi connectivity index (χ3v) is 4.75. The topological polar surface area (TPSA) is 66.0 Å². The van der Waals surface area contributed by atoms with E-state index in [4.69, 9.17) is 4.74 Å². The number of hydrogen-bond acceptors (Lipinski definition) is 3. The number of halogens is 1. The predicted molar refractivity (Wildman–Crippen MR) is 121 cm³/mol. The molecule has 7 heteroatoms. The second-order valence-corrected chi connectivity index (χ2v) is 6.72. The molecule has 1 saturated heterocycles. The molecule has 0 bridgehead atoms. The molecule has 0 atom stereocenters. The summed E-state index contributed by atoms with van der Waals surface area (Å²) in [7, 11) is 3.89. The first-order valence-electron chi connectivity index (χ1n) is 9.53. The van der Waals surface area contributed by atoms with Crippen LogP contribution in [0.5, 0.6) is 0 Å². The molecule has 1 amide bonds. The molecule has 0 aromatic heterocycles. The number of ether oxygens (including phenoxy) is 1. The molecule has 1 aromatic rings. The average Bonchev–Trinajstić information content (AvgIpc) is 2.70.